The van der Waals surface area contributed by atoms with Gasteiger partial charge in [-0.15, -0.1) is 0 Å². The highest BCUT2D eigenvalue weighted by atomic mass is 19.1. The molecule has 1 rings (SSSR count). The van der Waals surface area contributed by atoms with E-state index in [9.17, 15) is 9.18 Å². The lowest BCUT2D eigenvalue weighted by Gasteiger charge is -2.02. The van der Waals surface area contributed by atoms with Crippen LogP contribution in [0.1, 0.15) is 15.9 Å². The normalized spacial score (nSPS) is 9.21. The Kier molecular flexibility index (Phi) is 2.67. The maximum absolute atomic E-state index is 12.9. The number of phenolic OH excluding ortho intramolecular Hbond substituents is 1. The summed E-state index contributed by atoms with van der Waals surface area (Å²) in [6.45, 7) is 0. The SMILES string of the molecule is COC(=O)c1cc(O)c(F)c(C#N)c1. The average Bonchev–Trinajstić information content (AvgIpc) is 2.20. The van der Waals surface area contributed by atoms with Crippen LogP contribution >= 0.6 is 0 Å². The van der Waals surface area contributed by atoms with Crippen molar-refractivity contribution in [1.82, 2.24) is 0 Å². The van der Waals surface area contributed by atoms with Crippen molar-refractivity contribution in [3.8, 4) is 11.8 Å². The topological polar surface area (TPSA) is 70.3 Å². The average molecular weight is 195 g/mol. The zero-order chi connectivity index (χ0) is 10.7. The first-order valence-electron chi connectivity index (χ1n) is 3.61. The first-order chi connectivity index (χ1) is 6.60. The summed E-state index contributed by atoms with van der Waals surface area (Å²) in [5, 5.41) is 17.5. The molecule has 72 valence electrons. The van der Waals surface area contributed by atoms with Crippen LogP contribution in [-0.2, 0) is 4.74 Å². The number of phenols is 1. The lowest BCUT2D eigenvalue weighted by atomic mass is 10.1. The Labute approximate surface area is 79.2 Å². The third-order valence-corrected chi connectivity index (χ3v) is 1.59. The number of rotatable bonds is 1. The van der Waals surface area contributed by atoms with Crippen LogP contribution in [-0.4, -0.2) is 18.2 Å². The Morgan fingerprint density at radius 2 is 2.29 bits per heavy atom. The van der Waals surface area contributed by atoms with Gasteiger partial charge < -0.3 is 9.84 Å². The number of carbonyl (C=O) groups excluding carboxylic acids is 1. The molecule has 1 aromatic carbocycles. The standard InChI is InChI=1S/C9H6FNO3/c1-14-9(13)5-2-6(4-11)8(10)7(12)3-5/h2-3,12H,1H3. The quantitative estimate of drug-likeness (QED) is 0.683. The Hall–Kier alpha value is -2.09. The van der Waals surface area contributed by atoms with Crippen LogP contribution in [0.2, 0.25) is 0 Å². The highest BCUT2D eigenvalue weighted by Gasteiger charge is 2.14. The van der Waals surface area contributed by atoms with E-state index in [2.05, 4.69) is 4.74 Å². The molecule has 0 fully saturated rings. The third kappa shape index (κ3) is 1.64. The van der Waals surface area contributed by atoms with Crippen LogP contribution in [0.3, 0.4) is 0 Å². The number of ether oxygens (including phenoxy) is 1. The van der Waals surface area contributed by atoms with Crippen LogP contribution in [0.5, 0.6) is 5.75 Å². The van der Waals surface area contributed by atoms with Crippen molar-refractivity contribution in [2.45, 2.75) is 0 Å². The number of methoxy groups -OCH3 is 1. The molecule has 0 atom stereocenters. The molecule has 0 aliphatic heterocycles. The summed E-state index contributed by atoms with van der Waals surface area (Å²) in [5.41, 5.74) is -0.464. The Balaban J connectivity index is 3.32. The molecule has 0 saturated heterocycles. The lowest BCUT2D eigenvalue weighted by molar-refractivity contribution is 0.0600. The van der Waals surface area contributed by atoms with E-state index in [1.807, 2.05) is 0 Å². The second kappa shape index (κ2) is 3.75. The summed E-state index contributed by atoms with van der Waals surface area (Å²) < 4.78 is 17.3. The van der Waals surface area contributed by atoms with Crippen LogP contribution in [0.15, 0.2) is 12.1 Å². The molecule has 1 aromatic rings. The zero-order valence-electron chi connectivity index (χ0n) is 7.24. The van der Waals surface area contributed by atoms with Gasteiger partial charge in [-0.25, -0.2) is 9.18 Å². The number of hydrogen-bond donors (Lipinski definition) is 1. The van der Waals surface area contributed by atoms with Crippen LogP contribution < -0.4 is 0 Å². The van der Waals surface area contributed by atoms with Gasteiger partial charge in [-0.3, -0.25) is 0 Å². The smallest absolute Gasteiger partial charge is 0.338 e. The first-order valence-corrected chi connectivity index (χ1v) is 3.61. The lowest BCUT2D eigenvalue weighted by Crippen LogP contribution is -2.02. The number of nitriles is 1. The van der Waals surface area contributed by atoms with E-state index >= 15 is 0 Å². The predicted molar refractivity (Wildman–Crippen MR) is 44.1 cm³/mol. The molecule has 0 amide bonds. The van der Waals surface area contributed by atoms with Crippen LogP contribution in [0, 0.1) is 17.1 Å². The number of carbonyl (C=O) groups is 1. The van der Waals surface area contributed by atoms with E-state index in [4.69, 9.17) is 10.4 Å². The van der Waals surface area contributed by atoms with Gasteiger partial charge in [0.05, 0.1) is 18.2 Å². The highest BCUT2D eigenvalue weighted by Crippen LogP contribution is 2.21. The van der Waals surface area contributed by atoms with Crippen LogP contribution in [0.25, 0.3) is 0 Å². The molecular weight excluding hydrogens is 189 g/mol. The van der Waals surface area contributed by atoms with Gasteiger partial charge in [-0.2, -0.15) is 5.26 Å². The number of hydrogen-bond acceptors (Lipinski definition) is 4. The molecule has 0 aliphatic carbocycles. The molecule has 5 heteroatoms. The van der Waals surface area contributed by atoms with Crippen LogP contribution in [0.4, 0.5) is 4.39 Å². The van der Waals surface area contributed by atoms with E-state index in [-0.39, 0.29) is 5.56 Å². The predicted octanol–water partition coefficient (Wildman–Crippen LogP) is 1.19. The zero-order valence-corrected chi connectivity index (χ0v) is 7.24. The summed E-state index contributed by atoms with van der Waals surface area (Å²) >= 11 is 0. The van der Waals surface area contributed by atoms with E-state index in [1.54, 1.807) is 0 Å². The fourth-order valence-electron chi connectivity index (χ4n) is 0.926. The highest BCUT2D eigenvalue weighted by molar-refractivity contribution is 5.90. The Morgan fingerprint density at radius 3 is 2.79 bits per heavy atom. The molecule has 0 bridgehead atoms. The summed E-state index contributed by atoms with van der Waals surface area (Å²) in [6.07, 6.45) is 0. The molecule has 0 unspecified atom stereocenters. The second-order valence-electron chi connectivity index (χ2n) is 2.46. The van der Waals surface area contributed by atoms with Gasteiger partial charge >= 0.3 is 5.97 Å². The number of esters is 1. The molecule has 14 heavy (non-hydrogen) atoms. The van der Waals surface area contributed by atoms with Gasteiger partial charge in [0, 0.05) is 0 Å². The number of nitrogens with zero attached hydrogens (tertiary/aromatic N) is 1. The van der Waals surface area contributed by atoms with Crippen molar-refractivity contribution in [1.29, 1.82) is 5.26 Å². The maximum atomic E-state index is 12.9. The van der Waals surface area contributed by atoms with Gasteiger partial charge in [-0.1, -0.05) is 0 Å². The molecule has 4 nitrogen and oxygen atoms in total. The second-order valence-corrected chi connectivity index (χ2v) is 2.46. The van der Waals surface area contributed by atoms with Crippen molar-refractivity contribution < 1.29 is 19.0 Å². The minimum absolute atomic E-state index is 0.0667. The molecule has 0 radical (unpaired) electrons. The minimum Gasteiger partial charge on any atom is -0.505 e. The van der Waals surface area contributed by atoms with E-state index in [1.165, 1.54) is 6.07 Å². The van der Waals surface area contributed by atoms with Gasteiger partial charge in [0.1, 0.15) is 6.07 Å². The van der Waals surface area contributed by atoms with Crippen molar-refractivity contribution in [3.63, 3.8) is 0 Å². The monoisotopic (exact) mass is 195 g/mol. The molecule has 0 saturated carbocycles. The maximum Gasteiger partial charge on any atom is 0.338 e. The molecular formula is C9H6FNO3. The molecule has 1 N–H and O–H groups in total. The number of aromatic hydroxyl groups is 1. The molecule has 0 spiro atoms. The molecule has 0 aromatic heterocycles. The molecule has 0 heterocycles. The largest absolute Gasteiger partial charge is 0.505 e. The van der Waals surface area contributed by atoms with Crippen molar-refractivity contribution in [2.24, 2.45) is 0 Å². The number of halogens is 1. The third-order valence-electron chi connectivity index (χ3n) is 1.59. The molecule has 0 aliphatic rings. The van der Waals surface area contributed by atoms with Crippen molar-refractivity contribution in [2.75, 3.05) is 7.11 Å². The van der Waals surface area contributed by atoms with E-state index in [0.29, 0.717) is 0 Å². The fraction of sp³-hybridized carbons (Fsp3) is 0.111. The van der Waals surface area contributed by atoms with Crippen molar-refractivity contribution in [3.05, 3.63) is 29.1 Å². The van der Waals surface area contributed by atoms with Crippen molar-refractivity contribution >= 4 is 5.97 Å². The van der Waals surface area contributed by atoms with E-state index < -0.39 is 23.1 Å². The van der Waals surface area contributed by atoms with Gasteiger partial charge in [-0.05, 0) is 12.1 Å². The summed E-state index contributed by atoms with van der Waals surface area (Å²) in [4.78, 5) is 11.0. The Morgan fingerprint density at radius 1 is 1.64 bits per heavy atom. The van der Waals surface area contributed by atoms with E-state index in [0.717, 1.165) is 19.2 Å². The fourth-order valence-corrected chi connectivity index (χ4v) is 0.926. The minimum atomic E-state index is -1.04. The van der Waals surface area contributed by atoms with Gasteiger partial charge in [0.2, 0.25) is 0 Å². The summed E-state index contributed by atoms with van der Waals surface area (Å²) in [6, 6.07) is 3.43. The van der Waals surface area contributed by atoms with Gasteiger partial charge in [0.25, 0.3) is 0 Å². The number of benzene rings is 1. The summed E-state index contributed by atoms with van der Waals surface area (Å²) in [7, 11) is 1.15. The van der Waals surface area contributed by atoms with Gasteiger partial charge in [0.15, 0.2) is 11.6 Å². The summed E-state index contributed by atoms with van der Waals surface area (Å²) in [5.74, 6) is -2.53. The first kappa shape index (κ1) is 9.99. The Bertz CT molecular complexity index is 423.